The van der Waals surface area contributed by atoms with E-state index in [4.69, 9.17) is 0 Å². The number of hydrogen-bond donors (Lipinski definition) is 1. The molecule has 0 aliphatic carbocycles. The van der Waals surface area contributed by atoms with Crippen molar-refractivity contribution in [2.75, 3.05) is 7.05 Å². The van der Waals surface area contributed by atoms with Gasteiger partial charge in [0.05, 0.1) is 0 Å². The number of hydrogen-bond acceptors (Lipinski definition) is 4. The van der Waals surface area contributed by atoms with Crippen LogP contribution in [0.1, 0.15) is 40.5 Å². The lowest BCUT2D eigenvalue weighted by Crippen LogP contribution is -2.35. The summed E-state index contributed by atoms with van der Waals surface area (Å²) in [4.78, 5) is 36.6. The van der Waals surface area contributed by atoms with Crippen LogP contribution in [0, 0.1) is 0 Å². The van der Waals surface area contributed by atoms with E-state index in [1.54, 1.807) is 0 Å². The van der Waals surface area contributed by atoms with Crippen LogP contribution in [0.5, 0.6) is 0 Å². The number of imide groups is 1. The van der Waals surface area contributed by atoms with Crippen LogP contribution in [-0.2, 0) is 14.4 Å². The molecule has 1 aliphatic heterocycles. The minimum absolute atomic E-state index is 0.107. The van der Waals surface area contributed by atoms with E-state index in [0.29, 0.717) is 5.06 Å². The average molecular weight is 411 g/mol. The van der Waals surface area contributed by atoms with E-state index in [1.807, 2.05) is 27.7 Å². The zero-order valence-corrected chi connectivity index (χ0v) is 18.3. The van der Waals surface area contributed by atoms with Crippen molar-refractivity contribution in [1.82, 2.24) is 10.4 Å². The highest BCUT2D eigenvalue weighted by Crippen LogP contribution is 2.22. The first-order valence-electron chi connectivity index (χ1n) is 10.2. The van der Waals surface area contributed by atoms with Gasteiger partial charge in [-0.15, -0.1) is 5.06 Å². The second kappa shape index (κ2) is 12.9. The zero-order valence-electron chi connectivity index (χ0n) is 18.3. The zero-order chi connectivity index (χ0) is 22.5. The fraction of sp³-hybridized carbons (Fsp3) is 0.292. The number of amides is 3. The number of nitrogens with one attached hydrogen (secondary N) is 1. The third-order valence-corrected chi connectivity index (χ3v) is 4.00. The molecule has 0 atom stereocenters. The predicted molar refractivity (Wildman–Crippen MR) is 121 cm³/mol. The summed E-state index contributed by atoms with van der Waals surface area (Å²) in [6.07, 6.45) is -0.607. The van der Waals surface area contributed by atoms with Crippen LogP contribution in [0.15, 0.2) is 60.7 Å². The molecule has 1 saturated heterocycles. The van der Waals surface area contributed by atoms with Gasteiger partial charge in [0, 0.05) is 19.9 Å². The van der Waals surface area contributed by atoms with E-state index in [1.165, 1.54) is 28.6 Å². The number of hydroxylamine groups is 2. The van der Waals surface area contributed by atoms with E-state index in [0.717, 1.165) is 0 Å². The molecule has 0 spiro atoms. The van der Waals surface area contributed by atoms with Gasteiger partial charge in [-0.2, -0.15) is 0 Å². The quantitative estimate of drug-likeness (QED) is 0.427. The summed E-state index contributed by atoms with van der Waals surface area (Å²) in [6.45, 7) is 8.00. The number of carbonyl (C=O) groups is 3. The van der Waals surface area contributed by atoms with Crippen LogP contribution in [0.4, 0.5) is 4.79 Å². The molecule has 1 fully saturated rings. The van der Waals surface area contributed by atoms with Crippen LogP contribution in [0.2, 0.25) is 0 Å². The second-order valence-electron chi connectivity index (χ2n) is 5.76. The Kier molecular flexibility index (Phi) is 10.6. The first-order valence-corrected chi connectivity index (χ1v) is 10.2. The van der Waals surface area contributed by atoms with Gasteiger partial charge in [0.15, 0.2) is 0 Å². The van der Waals surface area contributed by atoms with Gasteiger partial charge < -0.3 is 10.2 Å². The lowest BCUT2D eigenvalue weighted by atomic mass is 10.0. The molecule has 1 heterocycles. The van der Waals surface area contributed by atoms with Gasteiger partial charge in [0.2, 0.25) is 0 Å². The molecule has 30 heavy (non-hydrogen) atoms. The Morgan fingerprint density at radius 1 is 0.767 bits per heavy atom. The van der Waals surface area contributed by atoms with Gasteiger partial charge in [-0.05, 0) is 33.7 Å². The van der Waals surface area contributed by atoms with E-state index < -0.39 is 17.9 Å². The number of fused-ring (bicyclic) bond motifs is 2. The van der Waals surface area contributed by atoms with Crippen LogP contribution < -0.4 is 5.32 Å². The predicted octanol–water partition coefficient (Wildman–Crippen LogP) is 5.45. The third kappa shape index (κ3) is 6.58. The minimum Gasteiger partial charge on any atom is -0.323 e. The van der Waals surface area contributed by atoms with Crippen LogP contribution in [-0.4, -0.2) is 30.0 Å². The Hall–Kier alpha value is -3.41. The highest BCUT2D eigenvalue weighted by Gasteiger charge is 2.32. The van der Waals surface area contributed by atoms with E-state index in [9.17, 15) is 14.4 Å². The highest BCUT2D eigenvalue weighted by molar-refractivity contribution is 6.01. The number of nitrogens with zero attached hydrogens (tertiary/aromatic N) is 1. The Bertz CT molecular complexity index is 864. The summed E-state index contributed by atoms with van der Waals surface area (Å²) in [5.74, 6) is -0.966. The van der Waals surface area contributed by atoms with E-state index >= 15 is 0 Å². The fourth-order valence-electron chi connectivity index (χ4n) is 2.67. The van der Waals surface area contributed by atoms with E-state index in [-0.39, 0.29) is 12.8 Å². The molecule has 0 aromatic heterocycles. The normalized spacial score (nSPS) is 12.1. The van der Waals surface area contributed by atoms with Gasteiger partial charge in [0.1, 0.15) is 0 Å². The standard InChI is InChI=1S/C14H10.C6H8N2O4.2C2H6/c1-2-6-12-10-14-8-4-3-7-13(14)9-11(12)5-1;1-7-6(11)12-8-4(9)2-3-5(8)10;2*1-2/h1-10H;2-3H2,1H3,(H,7,11);2*1-2H3. The molecule has 3 aromatic carbocycles. The topological polar surface area (TPSA) is 75.7 Å². The molecule has 6 nitrogen and oxygen atoms in total. The highest BCUT2D eigenvalue weighted by atomic mass is 16.7. The van der Waals surface area contributed by atoms with Gasteiger partial charge in [0.25, 0.3) is 11.8 Å². The molecule has 6 heteroatoms. The molecule has 1 aliphatic rings. The maximum Gasteiger partial charge on any atom is 0.431 e. The van der Waals surface area contributed by atoms with Crippen LogP contribution in [0.3, 0.4) is 0 Å². The van der Waals surface area contributed by atoms with Crippen molar-refractivity contribution in [3.8, 4) is 0 Å². The molecular weight excluding hydrogens is 380 g/mol. The van der Waals surface area contributed by atoms with Crippen LogP contribution in [0.25, 0.3) is 21.5 Å². The molecule has 1 N–H and O–H groups in total. The monoisotopic (exact) mass is 410 g/mol. The first-order chi connectivity index (χ1) is 14.6. The van der Waals surface area contributed by atoms with Crippen molar-refractivity contribution in [3.63, 3.8) is 0 Å². The SMILES string of the molecule is CC.CC.CNC(=O)ON1C(=O)CCC1=O.c1ccc2cc3ccccc3cc2c1. The second-order valence-corrected chi connectivity index (χ2v) is 5.76. The molecule has 160 valence electrons. The Balaban J connectivity index is 0.000000261. The summed E-state index contributed by atoms with van der Waals surface area (Å²) < 4.78 is 0. The van der Waals surface area contributed by atoms with Crippen molar-refractivity contribution >= 4 is 39.5 Å². The van der Waals surface area contributed by atoms with Crippen molar-refractivity contribution in [3.05, 3.63) is 60.7 Å². The number of rotatable bonds is 1. The smallest absolute Gasteiger partial charge is 0.323 e. The maximum absolute atomic E-state index is 10.8. The van der Waals surface area contributed by atoms with Crippen LogP contribution >= 0.6 is 0 Å². The summed E-state index contributed by atoms with van der Waals surface area (Å²) in [7, 11) is 1.34. The number of carbonyl (C=O) groups excluding carboxylic acids is 3. The molecule has 3 aromatic rings. The minimum atomic E-state index is -0.821. The average Bonchev–Trinajstić information content (AvgIpc) is 3.12. The van der Waals surface area contributed by atoms with Gasteiger partial charge in [-0.1, -0.05) is 76.2 Å². The van der Waals surface area contributed by atoms with Crippen molar-refractivity contribution in [2.24, 2.45) is 0 Å². The third-order valence-electron chi connectivity index (χ3n) is 4.00. The summed E-state index contributed by atoms with van der Waals surface area (Å²) >= 11 is 0. The lowest BCUT2D eigenvalue weighted by Gasteiger charge is -2.11. The summed E-state index contributed by atoms with van der Waals surface area (Å²) in [5.41, 5.74) is 0. The molecule has 4 rings (SSSR count). The van der Waals surface area contributed by atoms with Gasteiger partial charge in [-0.25, -0.2) is 4.79 Å². The fourth-order valence-corrected chi connectivity index (χ4v) is 2.67. The lowest BCUT2D eigenvalue weighted by molar-refractivity contribution is -0.171. The largest absolute Gasteiger partial charge is 0.431 e. The maximum atomic E-state index is 10.8. The van der Waals surface area contributed by atoms with Crippen molar-refractivity contribution in [2.45, 2.75) is 40.5 Å². The molecule has 0 radical (unpaired) electrons. The van der Waals surface area contributed by atoms with Gasteiger partial charge >= 0.3 is 6.09 Å². The van der Waals surface area contributed by atoms with Crippen molar-refractivity contribution in [1.29, 1.82) is 0 Å². The Morgan fingerprint density at radius 3 is 1.40 bits per heavy atom. The first kappa shape index (κ1) is 24.6. The Labute approximate surface area is 177 Å². The Morgan fingerprint density at radius 2 is 1.10 bits per heavy atom. The van der Waals surface area contributed by atoms with Gasteiger partial charge in [-0.3, -0.25) is 9.59 Å². The van der Waals surface area contributed by atoms with E-state index in [2.05, 4.69) is 70.8 Å². The summed E-state index contributed by atoms with van der Waals surface area (Å²) in [6, 6.07) is 21.4. The molecule has 3 amide bonds. The molecule has 0 bridgehead atoms. The summed E-state index contributed by atoms with van der Waals surface area (Å²) in [5, 5.41) is 7.86. The number of benzene rings is 3. The molecule has 0 saturated carbocycles. The molecular formula is C24H30N2O4. The molecule has 0 unspecified atom stereocenters. The van der Waals surface area contributed by atoms with Crippen molar-refractivity contribution < 1.29 is 19.2 Å².